The molecule has 0 saturated heterocycles. The first-order chi connectivity index (χ1) is 6.71. The van der Waals surface area contributed by atoms with E-state index in [4.69, 9.17) is 11.1 Å². The first-order valence-corrected chi connectivity index (χ1v) is 9.04. The zero-order valence-corrected chi connectivity index (χ0v) is 10.4. The molecule has 0 aromatic heterocycles. The number of rotatable bonds is 2. The summed E-state index contributed by atoms with van der Waals surface area (Å²) in [5.41, 5.74) is 0.798. The Hall–Kier alpha value is -0.273. The van der Waals surface area contributed by atoms with Crippen molar-refractivity contribution in [3.8, 4) is 0 Å². The maximum Gasteiger partial charge on any atom is 0.186 e. The van der Waals surface area contributed by atoms with Crippen LogP contribution in [-0.2, 0) is 0 Å². The lowest BCUT2D eigenvalue weighted by Gasteiger charge is -2.26. The van der Waals surface area contributed by atoms with Crippen molar-refractivity contribution in [1.29, 1.82) is 0 Å². The molecule has 1 aliphatic rings. The molecule has 14 heavy (non-hydrogen) atoms. The molecule has 0 aliphatic heterocycles. The molecule has 1 aromatic carbocycles. The Morgan fingerprint density at radius 1 is 1.14 bits per heavy atom. The zero-order chi connectivity index (χ0) is 10.0. The third-order valence-electron chi connectivity index (χ3n) is 3.46. The Kier molecular flexibility index (Phi) is 2.98. The van der Waals surface area contributed by atoms with Crippen LogP contribution >= 0.6 is 11.1 Å². The Bertz CT molecular complexity index is 288. The van der Waals surface area contributed by atoms with E-state index in [2.05, 4.69) is 36.9 Å². The van der Waals surface area contributed by atoms with Crippen LogP contribution in [0.2, 0.25) is 12.1 Å². The van der Waals surface area contributed by atoms with E-state index in [1.54, 1.807) is 0 Å². The summed E-state index contributed by atoms with van der Waals surface area (Å²) in [5.74, 6) is 0. The fourth-order valence-electron chi connectivity index (χ4n) is 2.47. The fourth-order valence-corrected chi connectivity index (χ4v) is 6.31. The van der Waals surface area contributed by atoms with Crippen LogP contribution in [0.1, 0.15) is 25.7 Å². The Morgan fingerprint density at radius 2 is 1.71 bits per heavy atom. The molecule has 1 fully saturated rings. The number of halogens is 1. The highest BCUT2D eigenvalue weighted by Gasteiger charge is 2.38. The summed E-state index contributed by atoms with van der Waals surface area (Å²) < 4.78 is 0. The molecular weight excluding hydrogens is 208 g/mol. The third kappa shape index (κ3) is 1.89. The van der Waals surface area contributed by atoms with Crippen molar-refractivity contribution in [3.63, 3.8) is 0 Å². The molecule has 1 unspecified atom stereocenters. The van der Waals surface area contributed by atoms with E-state index in [1.165, 1.54) is 30.9 Å². The van der Waals surface area contributed by atoms with Gasteiger partial charge in [-0.05, 0) is 10.7 Å². The van der Waals surface area contributed by atoms with E-state index in [9.17, 15) is 0 Å². The maximum absolute atomic E-state index is 6.81. The fraction of sp³-hybridized carbons (Fsp3) is 0.500. The van der Waals surface area contributed by atoms with Crippen LogP contribution in [-0.4, -0.2) is 7.38 Å². The smallest absolute Gasteiger partial charge is 0.161 e. The van der Waals surface area contributed by atoms with Crippen molar-refractivity contribution in [2.24, 2.45) is 0 Å². The van der Waals surface area contributed by atoms with Gasteiger partial charge in [0.25, 0.3) is 0 Å². The predicted molar refractivity (Wildman–Crippen MR) is 65.8 cm³/mol. The van der Waals surface area contributed by atoms with E-state index < -0.39 is 7.38 Å². The van der Waals surface area contributed by atoms with Crippen LogP contribution in [0.15, 0.2) is 30.3 Å². The summed E-state index contributed by atoms with van der Waals surface area (Å²) in [6.45, 7) is 2.31. The summed E-state index contributed by atoms with van der Waals surface area (Å²) in [6.07, 6.45) is 5.46. The van der Waals surface area contributed by atoms with Crippen molar-refractivity contribution < 1.29 is 0 Å². The molecule has 0 spiro atoms. The molecule has 0 nitrogen and oxygen atoms in total. The van der Waals surface area contributed by atoms with Gasteiger partial charge in [0.1, 0.15) is 0 Å². The van der Waals surface area contributed by atoms with Gasteiger partial charge in [-0.2, -0.15) is 11.1 Å². The number of hydrogen-bond acceptors (Lipinski definition) is 0. The van der Waals surface area contributed by atoms with Crippen molar-refractivity contribution in [2.75, 3.05) is 0 Å². The van der Waals surface area contributed by atoms with Gasteiger partial charge in [0.15, 0.2) is 7.38 Å². The molecule has 1 aromatic rings. The molecule has 2 rings (SSSR count). The molecular formula is C12H17ClSi. The van der Waals surface area contributed by atoms with Gasteiger partial charge >= 0.3 is 0 Å². The van der Waals surface area contributed by atoms with E-state index in [0.29, 0.717) is 0 Å². The zero-order valence-electron chi connectivity index (χ0n) is 8.67. The summed E-state index contributed by atoms with van der Waals surface area (Å²) in [7, 11) is -1.67. The van der Waals surface area contributed by atoms with E-state index >= 15 is 0 Å². The molecule has 1 saturated carbocycles. The molecule has 2 heteroatoms. The second-order valence-corrected chi connectivity index (χ2v) is 10.3. The minimum atomic E-state index is -1.67. The van der Waals surface area contributed by atoms with Crippen LogP contribution in [0, 0.1) is 0 Å². The molecule has 0 N–H and O–H groups in total. The monoisotopic (exact) mass is 224 g/mol. The maximum atomic E-state index is 6.81. The highest BCUT2D eigenvalue weighted by Crippen LogP contribution is 2.40. The second-order valence-electron chi connectivity index (χ2n) is 4.42. The lowest BCUT2D eigenvalue weighted by atomic mass is 10.4. The van der Waals surface area contributed by atoms with Crippen molar-refractivity contribution >= 4 is 23.6 Å². The Balaban J connectivity index is 2.22. The minimum absolute atomic E-state index is 0.798. The highest BCUT2D eigenvalue weighted by molar-refractivity contribution is 7.27. The van der Waals surface area contributed by atoms with E-state index in [0.717, 1.165) is 5.54 Å². The van der Waals surface area contributed by atoms with Gasteiger partial charge < -0.3 is 0 Å². The van der Waals surface area contributed by atoms with E-state index in [1.807, 2.05) is 0 Å². The molecule has 76 valence electrons. The Labute approximate surface area is 92.0 Å². The molecule has 0 bridgehead atoms. The topological polar surface area (TPSA) is 0 Å². The van der Waals surface area contributed by atoms with Crippen LogP contribution < -0.4 is 5.19 Å². The molecule has 0 heterocycles. The average molecular weight is 225 g/mol. The summed E-state index contributed by atoms with van der Waals surface area (Å²) >= 11 is 6.81. The van der Waals surface area contributed by atoms with Gasteiger partial charge in [0, 0.05) is 0 Å². The Morgan fingerprint density at radius 3 is 2.29 bits per heavy atom. The molecule has 1 aliphatic carbocycles. The quantitative estimate of drug-likeness (QED) is 0.532. The van der Waals surface area contributed by atoms with Crippen molar-refractivity contribution in [1.82, 2.24) is 0 Å². The number of hydrogen-bond donors (Lipinski definition) is 0. The number of benzene rings is 1. The third-order valence-corrected chi connectivity index (χ3v) is 8.61. The first kappa shape index (κ1) is 10.3. The second kappa shape index (κ2) is 4.07. The van der Waals surface area contributed by atoms with Crippen molar-refractivity contribution in [2.45, 2.75) is 37.8 Å². The van der Waals surface area contributed by atoms with Crippen LogP contribution in [0.25, 0.3) is 0 Å². The van der Waals surface area contributed by atoms with Gasteiger partial charge in [-0.25, -0.2) is 0 Å². The lowest BCUT2D eigenvalue weighted by molar-refractivity contribution is 0.855. The summed E-state index contributed by atoms with van der Waals surface area (Å²) in [6, 6.07) is 10.7. The van der Waals surface area contributed by atoms with Gasteiger partial charge in [0.05, 0.1) is 0 Å². The van der Waals surface area contributed by atoms with E-state index in [-0.39, 0.29) is 0 Å². The summed E-state index contributed by atoms with van der Waals surface area (Å²) in [5, 5.41) is 1.41. The van der Waals surface area contributed by atoms with Crippen LogP contribution in [0.3, 0.4) is 0 Å². The molecule has 1 atom stereocenters. The van der Waals surface area contributed by atoms with Gasteiger partial charge in [0.2, 0.25) is 0 Å². The predicted octanol–water partition coefficient (Wildman–Crippen LogP) is 3.65. The van der Waals surface area contributed by atoms with Crippen LogP contribution in [0.4, 0.5) is 0 Å². The normalized spacial score (nSPS) is 22.1. The van der Waals surface area contributed by atoms with Gasteiger partial charge in [-0.1, -0.05) is 62.6 Å². The highest BCUT2D eigenvalue weighted by atomic mass is 35.6. The first-order valence-electron chi connectivity index (χ1n) is 5.45. The van der Waals surface area contributed by atoms with Crippen molar-refractivity contribution in [3.05, 3.63) is 30.3 Å². The van der Waals surface area contributed by atoms with Gasteiger partial charge in [-0.3, -0.25) is 0 Å². The molecule has 0 radical (unpaired) electrons. The van der Waals surface area contributed by atoms with Crippen LogP contribution in [0.5, 0.6) is 0 Å². The van der Waals surface area contributed by atoms with Gasteiger partial charge in [-0.15, -0.1) is 0 Å². The molecule has 0 amide bonds. The minimum Gasteiger partial charge on any atom is -0.161 e. The SMILES string of the molecule is C[Si](Cl)(c1ccccc1)C1CCCC1. The summed E-state index contributed by atoms with van der Waals surface area (Å²) in [4.78, 5) is 0. The largest absolute Gasteiger partial charge is 0.186 e. The standard InChI is InChI=1S/C12H17ClSi/c1-14(13,12-9-5-6-10-12)11-7-3-2-4-8-11/h2-4,7-8,12H,5-6,9-10H2,1H3. The average Bonchev–Trinajstić information content (AvgIpc) is 2.72. The lowest BCUT2D eigenvalue weighted by Crippen LogP contribution is -2.42.